The van der Waals surface area contributed by atoms with Gasteiger partial charge in [-0.05, 0) is 0 Å². The van der Waals surface area contributed by atoms with Gasteiger partial charge in [0.1, 0.15) is 5.82 Å². The van der Waals surface area contributed by atoms with E-state index in [-0.39, 0.29) is 0 Å². The van der Waals surface area contributed by atoms with Gasteiger partial charge in [0, 0.05) is 12.4 Å². The Morgan fingerprint density at radius 3 is 2.55 bits per heavy atom. The number of rotatable bonds is 1. The lowest BCUT2D eigenvalue weighted by molar-refractivity contribution is -0.209. The third kappa shape index (κ3) is 1.70. The summed E-state index contributed by atoms with van der Waals surface area (Å²) < 4.78 is 35.1. The summed E-state index contributed by atoms with van der Waals surface area (Å²) in [6.45, 7) is 0. The number of nitrogens with zero attached hydrogens (tertiary/aromatic N) is 1. The van der Waals surface area contributed by atoms with Crippen LogP contribution >= 0.6 is 0 Å². The van der Waals surface area contributed by atoms with E-state index in [1.807, 2.05) is 0 Å². The zero-order chi connectivity index (χ0) is 8.48. The molecule has 0 radical (unpaired) electrons. The van der Waals surface area contributed by atoms with Crippen LogP contribution in [0.5, 0.6) is 0 Å². The molecule has 0 aliphatic carbocycles. The molecule has 0 saturated carbocycles. The first-order valence-electron chi connectivity index (χ1n) is 2.76. The van der Waals surface area contributed by atoms with E-state index in [1.54, 1.807) is 0 Å². The smallest absolute Gasteiger partial charge is 0.377 e. The first kappa shape index (κ1) is 8.06. The third-order valence-electron chi connectivity index (χ3n) is 1.09. The van der Waals surface area contributed by atoms with Crippen molar-refractivity contribution in [3.63, 3.8) is 0 Å². The monoisotopic (exact) mass is 166 g/mol. The highest BCUT2D eigenvalue weighted by Crippen LogP contribution is 2.29. The van der Waals surface area contributed by atoms with Gasteiger partial charge in [0.2, 0.25) is 6.10 Å². The maximum atomic E-state index is 11.7. The topological polar surface area (TPSA) is 48.9 Å². The molecule has 0 bridgehead atoms. The summed E-state index contributed by atoms with van der Waals surface area (Å²) in [6, 6.07) is 0. The Bertz CT molecular complexity index is 218. The van der Waals surface area contributed by atoms with Gasteiger partial charge in [-0.2, -0.15) is 13.2 Å². The number of aromatic amines is 1. The van der Waals surface area contributed by atoms with E-state index in [0.717, 1.165) is 6.20 Å². The maximum Gasteiger partial charge on any atom is 0.421 e. The van der Waals surface area contributed by atoms with E-state index in [1.165, 1.54) is 6.20 Å². The summed E-state index contributed by atoms with van der Waals surface area (Å²) in [6.07, 6.45) is -4.82. The van der Waals surface area contributed by atoms with Crippen molar-refractivity contribution < 1.29 is 18.3 Å². The van der Waals surface area contributed by atoms with Gasteiger partial charge in [-0.15, -0.1) is 0 Å². The lowest BCUT2D eigenvalue weighted by Crippen LogP contribution is -2.21. The van der Waals surface area contributed by atoms with Gasteiger partial charge >= 0.3 is 6.18 Å². The third-order valence-corrected chi connectivity index (χ3v) is 1.09. The summed E-state index contributed by atoms with van der Waals surface area (Å²) in [7, 11) is 0. The molecule has 1 aromatic heterocycles. The summed E-state index contributed by atoms with van der Waals surface area (Å²) in [5.41, 5.74) is 0. The number of H-pyrrole nitrogens is 1. The van der Waals surface area contributed by atoms with Crippen molar-refractivity contribution in [1.82, 2.24) is 9.97 Å². The quantitative estimate of drug-likeness (QED) is 0.653. The second-order valence-corrected chi connectivity index (χ2v) is 1.92. The molecule has 1 heterocycles. The largest absolute Gasteiger partial charge is 0.421 e. The first-order valence-corrected chi connectivity index (χ1v) is 2.76. The Morgan fingerprint density at radius 1 is 1.55 bits per heavy atom. The van der Waals surface area contributed by atoms with Crippen LogP contribution in [0.4, 0.5) is 13.2 Å². The van der Waals surface area contributed by atoms with Gasteiger partial charge in [0.15, 0.2) is 0 Å². The molecule has 2 N–H and O–H groups in total. The van der Waals surface area contributed by atoms with Crippen LogP contribution in [-0.4, -0.2) is 21.3 Å². The molecule has 0 aromatic carbocycles. The lowest BCUT2D eigenvalue weighted by Gasteiger charge is -2.10. The predicted molar refractivity (Wildman–Crippen MR) is 29.6 cm³/mol. The van der Waals surface area contributed by atoms with Gasteiger partial charge < -0.3 is 10.1 Å². The highest BCUT2D eigenvalue weighted by atomic mass is 19.4. The Balaban J connectivity index is 2.78. The highest BCUT2D eigenvalue weighted by Gasteiger charge is 2.40. The number of aromatic nitrogens is 2. The molecule has 0 saturated heterocycles. The summed E-state index contributed by atoms with van der Waals surface area (Å²) >= 11 is 0. The maximum absolute atomic E-state index is 11.7. The molecule has 11 heavy (non-hydrogen) atoms. The number of alkyl halides is 3. The van der Waals surface area contributed by atoms with E-state index < -0.39 is 18.1 Å². The average molecular weight is 166 g/mol. The molecule has 1 rings (SSSR count). The number of aliphatic hydroxyl groups excluding tert-OH is 1. The Hall–Kier alpha value is -1.04. The van der Waals surface area contributed by atoms with Crippen molar-refractivity contribution in [3.8, 4) is 0 Å². The number of imidazole rings is 1. The molecule has 0 aliphatic heterocycles. The Kier molecular flexibility index (Phi) is 1.86. The van der Waals surface area contributed by atoms with Crippen molar-refractivity contribution in [2.24, 2.45) is 0 Å². The SMILES string of the molecule is OC(c1ncc[nH]1)C(F)(F)F. The molecule has 1 aromatic rings. The lowest BCUT2D eigenvalue weighted by atomic mass is 10.3. The minimum absolute atomic E-state index is 0.488. The fourth-order valence-corrected chi connectivity index (χ4v) is 0.582. The van der Waals surface area contributed by atoms with Crippen LogP contribution in [0.15, 0.2) is 12.4 Å². The van der Waals surface area contributed by atoms with E-state index in [9.17, 15) is 13.2 Å². The molecule has 0 aliphatic rings. The van der Waals surface area contributed by atoms with E-state index in [4.69, 9.17) is 5.11 Å². The van der Waals surface area contributed by atoms with E-state index >= 15 is 0 Å². The van der Waals surface area contributed by atoms with Gasteiger partial charge in [0.05, 0.1) is 0 Å². The van der Waals surface area contributed by atoms with Crippen LogP contribution in [0.25, 0.3) is 0 Å². The van der Waals surface area contributed by atoms with Crippen LogP contribution in [0.1, 0.15) is 11.9 Å². The van der Waals surface area contributed by atoms with Crippen molar-refractivity contribution >= 4 is 0 Å². The molecule has 62 valence electrons. The molecular formula is C5H5F3N2O. The molecule has 0 amide bonds. The number of halogens is 3. The first-order chi connectivity index (χ1) is 5.02. The Morgan fingerprint density at radius 2 is 2.18 bits per heavy atom. The number of hydrogen-bond acceptors (Lipinski definition) is 2. The second kappa shape index (κ2) is 2.54. The van der Waals surface area contributed by atoms with Crippen LogP contribution in [0.3, 0.4) is 0 Å². The van der Waals surface area contributed by atoms with Gasteiger partial charge in [-0.1, -0.05) is 0 Å². The zero-order valence-corrected chi connectivity index (χ0v) is 5.26. The van der Waals surface area contributed by atoms with Crippen molar-refractivity contribution in [2.75, 3.05) is 0 Å². The standard InChI is InChI=1S/C5H5F3N2O/c6-5(7,8)3(11)4-9-1-2-10-4/h1-3,11H,(H,9,10). The van der Waals surface area contributed by atoms with E-state index in [0.29, 0.717) is 0 Å². The minimum atomic E-state index is -4.65. The minimum Gasteiger partial charge on any atom is -0.377 e. The Labute approximate surface area is 59.9 Å². The summed E-state index contributed by atoms with van der Waals surface area (Å²) in [4.78, 5) is 5.42. The molecule has 1 unspecified atom stereocenters. The summed E-state index contributed by atoms with van der Waals surface area (Å²) in [5.74, 6) is -0.488. The highest BCUT2D eigenvalue weighted by molar-refractivity contribution is 4.94. The van der Waals surface area contributed by atoms with Crippen molar-refractivity contribution in [1.29, 1.82) is 0 Å². The summed E-state index contributed by atoms with van der Waals surface area (Å²) in [5, 5.41) is 8.53. The van der Waals surface area contributed by atoms with E-state index in [2.05, 4.69) is 9.97 Å². The fourth-order valence-electron chi connectivity index (χ4n) is 0.582. The molecular weight excluding hydrogens is 161 g/mol. The normalized spacial score (nSPS) is 14.9. The van der Waals surface area contributed by atoms with Crippen molar-refractivity contribution in [3.05, 3.63) is 18.2 Å². The molecule has 3 nitrogen and oxygen atoms in total. The predicted octanol–water partition coefficient (Wildman–Crippen LogP) is 1.01. The van der Waals surface area contributed by atoms with Crippen LogP contribution in [0.2, 0.25) is 0 Å². The van der Waals surface area contributed by atoms with Crippen LogP contribution in [0, 0.1) is 0 Å². The molecule has 6 heteroatoms. The molecule has 0 spiro atoms. The van der Waals surface area contributed by atoms with Crippen LogP contribution < -0.4 is 0 Å². The number of hydrogen-bond donors (Lipinski definition) is 2. The average Bonchev–Trinajstić information content (AvgIpc) is 2.34. The second-order valence-electron chi connectivity index (χ2n) is 1.92. The van der Waals surface area contributed by atoms with Gasteiger partial charge in [-0.25, -0.2) is 4.98 Å². The zero-order valence-electron chi connectivity index (χ0n) is 5.26. The molecule has 0 fully saturated rings. The number of nitrogens with one attached hydrogen (secondary N) is 1. The van der Waals surface area contributed by atoms with Gasteiger partial charge in [-0.3, -0.25) is 0 Å². The molecule has 1 atom stereocenters. The van der Waals surface area contributed by atoms with Crippen LogP contribution in [-0.2, 0) is 0 Å². The van der Waals surface area contributed by atoms with Gasteiger partial charge in [0.25, 0.3) is 0 Å². The van der Waals surface area contributed by atoms with Crippen molar-refractivity contribution in [2.45, 2.75) is 12.3 Å². The fraction of sp³-hybridized carbons (Fsp3) is 0.400. The number of aliphatic hydroxyl groups is 1.